The van der Waals surface area contributed by atoms with Gasteiger partial charge in [0.15, 0.2) is 0 Å². The maximum Gasteiger partial charge on any atom is 0.373 e. The molecule has 0 unspecified atom stereocenters. The van der Waals surface area contributed by atoms with Crippen LogP contribution in [-0.2, 0) is 16.1 Å². The number of amides is 3. The quantitative estimate of drug-likeness (QED) is 0.436. The highest BCUT2D eigenvalue weighted by Gasteiger charge is 2.34. The van der Waals surface area contributed by atoms with Gasteiger partial charge in [0, 0.05) is 0 Å². The highest BCUT2D eigenvalue weighted by molar-refractivity contribution is 6.32. The fourth-order valence-corrected chi connectivity index (χ4v) is 2.96. The third-order valence-corrected chi connectivity index (χ3v) is 4.30. The van der Waals surface area contributed by atoms with Crippen molar-refractivity contribution in [3.05, 3.63) is 58.1 Å². The van der Waals surface area contributed by atoms with Crippen LogP contribution in [0.5, 0.6) is 5.75 Å². The van der Waals surface area contributed by atoms with Gasteiger partial charge < -0.3 is 19.2 Å². The maximum absolute atomic E-state index is 12.6. The lowest BCUT2D eigenvalue weighted by Crippen LogP contribution is -2.30. The second-order valence-corrected chi connectivity index (χ2v) is 7.95. The molecule has 0 aliphatic carbocycles. The molecule has 9 heteroatoms. The van der Waals surface area contributed by atoms with E-state index in [-0.39, 0.29) is 23.8 Å². The van der Waals surface area contributed by atoms with Crippen molar-refractivity contribution in [1.82, 2.24) is 10.2 Å². The van der Waals surface area contributed by atoms with Gasteiger partial charge in [0.1, 0.15) is 22.8 Å². The Bertz CT molecular complexity index is 1030. The molecule has 0 spiro atoms. The van der Waals surface area contributed by atoms with Gasteiger partial charge in [-0.15, -0.1) is 0 Å². The molecule has 2 aromatic rings. The predicted molar refractivity (Wildman–Crippen MR) is 109 cm³/mol. The molecular formula is C21H21ClN2O6. The van der Waals surface area contributed by atoms with E-state index in [0.717, 1.165) is 4.90 Å². The number of imide groups is 1. The molecule has 1 aliphatic rings. The largest absolute Gasteiger partial charge is 0.487 e. The Hall–Kier alpha value is -3.26. The van der Waals surface area contributed by atoms with Crippen molar-refractivity contribution in [2.75, 3.05) is 7.11 Å². The molecule has 0 radical (unpaired) electrons. The number of hydrogen-bond acceptors (Lipinski definition) is 6. The lowest BCUT2D eigenvalue weighted by Gasteiger charge is -2.22. The Morgan fingerprint density at radius 3 is 2.60 bits per heavy atom. The van der Waals surface area contributed by atoms with Crippen molar-refractivity contribution in [3.63, 3.8) is 0 Å². The number of benzene rings is 1. The van der Waals surface area contributed by atoms with E-state index in [9.17, 15) is 14.4 Å². The zero-order valence-electron chi connectivity index (χ0n) is 16.9. The number of carbonyl (C=O) groups is 3. The van der Waals surface area contributed by atoms with Crippen molar-refractivity contribution in [1.29, 1.82) is 0 Å². The normalized spacial score (nSPS) is 15.5. The summed E-state index contributed by atoms with van der Waals surface area (Å²) in [6, 6.07) is 7.41. The number of nitrogens with zero attached hydrogens (tertiary/aromatic N) is 1. The van der Waals surface area contributed by atoms with Crippen LogP contribution in [0, 0.1) is 0 Å². The summed E-state index contributed by atoms with van der Waals surface area (Å²) in [6.07, 6.45) is 1.52. The first-order chi connectivity index (χ1) is 14.1. The summed E-state index contributed by atoms with van der Waals surface area (Å²) in [7, 11) is 1.23. The molecule has 1 aromatic heterocycles. The first-order valence-electron chi connectivity index (χ1n) is 9.07. The molecule has 0 atom stereocenters. The van der Waals surface area contributed by atoms with Crippen LogP contribution in [0.25, 0.3) is 6.08 Å². The van der Waals surface area contributed by atoms with Crippen LogP contribution in [0.1, 0.15) is 42.6 Å². The molecule has 0 bridgehead atoms. The molecular weight excluding hydrogens is 412 g/mol. The van der Waals surface area contributed by atoms with E-state index in [2.05, 4.69) is 10.1 Å². The standard InChI is InChI=1S/C21H21ClN2O6/c1-21(2,3)30-16-7-5-12(9-14(16)22)10-15-18(25)24(20(27)23-15)11-13-6-8-17(29-13)19(26)28-4/h5-10H,11H2,1-4H3,(H,23,27). The second-order valence-electron chi connectivity index (χ2n) is 7.54. The number of nitrogens with one attached hydrogen (secondary N) is 1. The molecule has 3 rings (SSSR count). The molecule has 30 heavy (non-hydrogen) atoms. The molecule has 1 saturated heterocycles. The lowest BCUT2D eigenvalue weighted by molar-refractivity contribution is -0.123. The van der Waals surface area contributed by atoms with E-state index in [1.54, 1.807) is 18.2 Å². The van der Waals surface area contributed by atoms with Gasteiger partial charge in [0.25, 0.3) is 5.91 Å². The Morgan fingerprint density at radius 2 is 1.97 bits per heavy atom. The number of esters is 1. The minimum atomic E-state index is -0.644. The number of halogens is 1. The fraction of sp³-hybridized carbons (Fsp3) is 0.286. The summed E-state index contributed by atoms with van der Waals surface area (Å²) in [5, 5.41) is 2.91. The van der Waals surface area contributed by atoms with Crippen LogP contribution in [-0.4, -0.2) is 35.5 Å². The van der Waals surface area contributed by atoms with Crippen molar-refractivity contribution in [2.24, 2.45) is 0 Å². The molecule has 1 aromatic carbocycles. The van der Waals surface area contributed by atoms with Crippen molar-refractivity contribution in [3.8, 4) is 5.75 Å². The zero-order valence-corrected chi connectivity index (χ0v) is 17.7. The van der Waals surface area contributed by atoms with Crippen molar-refractivity contribution in [2.45, 2.75) is 32.9 Å². The van der Waals surface area contributed by atoms with Gasteiger partial charge in [-0.05, 0) is 56.7 Å². The summed E-state index contributed by atoms with van der Waals surface area (Å²) in [4.78, 5) is 37.3. The number of ether oxygens (including phenoxy) is 2. The van der Waals surface area contributed by atoms with Gasteiger partial charge in [-0.2, -0.15) is 0 Å². The van der Waals surface area contributed by atoms with Gasteiger partial charge in [-0.3, -0.25) is 9.69 Å². The van der Waals surface area contributed by atoms with E-state index in [0.29, 0.717) is 16.3 Å². The molecule has 2 heterocycles. The molecule has 158 valence electrons. The fourth-order valence-electron chi connectivity index (χ4n) is 2.73. The van der Waals surface area contributed by atoms with E-state index in [4.69, 9.17) is 20.8 Å². The number of methoxy groups -OCH3 is 1. The van der Waals surface area contributed by atoms with E-state index in [1.807, 2.05) is 20.8 Å². The highest BCUT2D eigenvalue weighted by atomic mass is 35.5. The summed E-state index contributed by atoms with van der Waals surface area (Å²) >= 11 is 6.27. The minimum Gasteiger partial charge on any atom is -0.487 e. The summed E-state index contributed by atoms with van der Waals surface area (Å²) in [5.74, 6) is -0.389. The molecule has 1 N–H and O–H groups in total. The first kappa shape index (κ1) is 21.4. The lowest BCUT2D eigenvalue weighted by atomic mass is 10.1. The second kappa shape index (κ2) is 8.23. The van der Waals surface area contributed by atoms with E-state index in [1.165, 1.54) is 25.3 Å². The van der Waals surface area contributed by atoms with E-state index < -0.39 is 23.5 Å². The van der Waals surface area contributed by atoms with Gasteiger partial charge >= 0.3 is 12.0 Å². The van der Waals surface area contributed by atoms with Crippen LogP contribution in [0.4, 0.5) is 4.79 Å². The van der Waals surface area contributed by atoms with Gasteiger partial charge in [0.2, 0.25) is 5.76 Å². The summed E-state index contributed by atoms with van der Waals surface area (Å²) in [6.45, 7) is 5.60. The maximum atomic E-state index is 12.6. The number of carbonyl (C=O) groups excluding carboxylic acids is 3. The number of furan rings is 1. The molecule has 1 fully saturated rings. The van der Waals surface area contributed by atoms with Crippen LogP contribution >= 0.6 is 11.6 Å². The Morgan fingerprint density at radius 1 is 1.23 bits per heavy atom. The smallest absolute Gasteiger partial charge is 0.373 e. The first-order valence-corrected chi connectivity index (χ1v) is 9.45. The molecule has 3 amide bonds. The van der Waals surface area contributed by atoms with Crippen molar-refractivity contribution < 1.29 is 28.3 Å². The predicted octanol–water partition coefficient (Wildman–Crippen LogP) is 3.99. The average Bonchev–Trinajstić information content (AvgIpc) is 3.23. The topological polar surface area (TPSA) is 98.1 Å². The molecule has 1 aliphatic heterocycles. The molecule has 8 nitrogen and oxygen atoms in total. The third kappa shape index (κ3) is 4.83. The SMILES string of the molecule is COC(=O)c1ccc(CN2C(=O)NC(=Cc3ccc(OC(C)(C)C)c(Cl)c3)C2=O)o1. The Labute approximate surface area is 178 Å². The van der Waals surface area contributed by atoms with Gasteiger partial charge in [-0.25, -0.2) is 9.59 Å². The van der Waals surface area contributed by atoms with Crippen LogP contribution < -0.4 is 10.1 Å². The van der Waals surface area contributed by atoms with E-state index >= 15 is 0 Å². The number of urea groups is 1. The van der Waals surface area contributed by atoms with Gasteiger partial charge in [-0.1, -0.05) is 17.7 Å². The van der Waals surface area contributed by atoms with Crippen LogP contribution in [0.3, 0.4) is 0 Å². The average molecular weight is 433 g/mol. The highest BCUT2D eigenvalue weighted by Crippen LogP contribution is 2.30. The minimum absolute atomic E-state index is 0.0115. The zero-order chi connectivity index (χ0) is 22.1. The van der Waals surface area contributed by atoms with Gasteiger partial charge in [0.05, 0.1) is 18.7 Å². The Balaban J connectivity index is 1.75. The summed E-state index contributed by atoms with van der Waals surface area (Å²) < 4.78 is 15.7. The monoisotopic (exact) mass is 432 g/mol. The summed E-state index contributed by atoms with van der Waals surface area (Å²) in [5.41, 5.74) is 0.317. The van der Waals surface area contributed by atoms with Crippen LogP contribution in [0.2, 0.25) is 5.02 Å². The van der Waals surface area contributed by atoms with Crippen molar-refractivity contribution >= 4 is 35.6 Å². The number of rotatable bonds is 5. The number of hydrogen-bond donors (Lipinski definition) is 1. The Kier molecular flexibility index (Phi) is 5.89. The van der Waals surface area contributed by atoms with Crippen LogP contribution in [0.15, 0.2) is 40.4 Å². The third-order valence-electron chi connectivity index (χ3n) is 4.01. The molecule has 0 saturated carbocycles.